The Balaban J connectivity index is 2.04. The molecule has 1 fully saturated rings. The van der Waals surface area contributed by atoms with Crippen LogP contribution in [0, 0.1) is 0 Å². The molecule has 2 rings (SSSR count). The molecule has 6 heteroatoms. The van der Waals surface area contributed by atoms with E-state index in [0.29, 0.717) is 18.1 Å². The summed E-state index contributed by atoms with van der Waals surface area (Å²) in [7, 11) is -1.02. The van der Waals surface area contributed by atoms with Gasteiger partial charge < -0.3 is 9.73 Å². The maximum absolute atomic E-state index is 11.5. The smallest absolute Gasteiger partial charge is 0.198 e. The Labute approximate surface area is 102 Å². The summed E-state index contributed by atoms with van der Waals surface area (Å²) in [6.45, 7) is 0.831. The number of oxazole rings is 1. The van der Waals surface area contributed by atoms with Crippen molar-refractivity contribution in [3.63, 3.8) is 0 Å². The van der Waals surface area contributed by atoms with E-state index < -0.39 is 9.84 Å². The minimum absolute atomic E-state index is 0.0583. The van der Waals surface area contributed by atoms with Crippen LogP contribution in [0.1, 0.15) is 30.4 Å². The molecule has 1 saturated heterocycles. The van der Waals surface area contributed by atoms with Gasteiger partial charge >= 0.3 is 0 Å². The van der Waals surface area contributed by atoms with Crippen LogP contribution in [0.2, 0.25) is 0 Å². The molecule has 1 aromatic rings. The molecular formula is C11H18N2O3S. The molecule has 1 unspecified atom stereocenters. The van der Waals surface area contributed by atoms with Gasteiger partial charge in [-0.3, -0.25) is 0 Å². The van der Waals surface area contributed by atoms with E-state index in [1.165, 1.54) is 0 Å². The maximum Gasteiger partial charge on any atom is 0.198 e. The van der Waals surface area contributed by atoms with Crippen LogP contribution in [0.25, 0.3) is 0 Å². The van der Waals surface area contributed by atoms with Crippen LogP contribution in [0.5, 0.6) is 0 Å². The van der Waals surface area contributed by atoms with E-state index in [4.69, 9.17) is 4.42 Å². The Morgan fingerprint density at radius 3 is 3.12 bits per heavy atom. The molecule has 0 radical (unpaired) electrons. The van der Waals surface area contributed by atoms with Gasteiger partial charge in [-0.25, -0.2) is 13.4 Å². The van der Waals surface area contributed by atoms with Crippen LogP contribution < -0.4 is 5.32 Å². The molecule has 0 bridgehead atoms. The number of nitrogens with zero attached hydrogens (tertiary/aromatic N) is 1. The molecule has 1 aliphatic heterocycles. The van der Waals surface area contributed by atoms with Crippen molar-refractivity contribution in [1.29, 1.82) is 0 Å². The van der Waals surface area contributed by atoms with E-state index in [1.54, 1.807) is 6.20 Å². The first kappa shape index (κ1) is 12.6. The summed E-state index contributed by atoms with van der Waals surface area (Å²) in [5, 5.41) is 3.03. The third-order valence-corrected chi connectivity index (χ3v) is 4.83. The fraction of sp³-hybridized carbons (Fsp3) is 0.727. The third kappa shape index (κ3) is 3.29. The van der Waals surface area contributed by atoms with Gasteiger partial charge in [0, 0.05) is 18.9 Å². The number of hydrogen-bond acceptors (Lipinski definition) is 5. The monoisotopic (exact) mass is 258 g/mol. The number of nitrogens with one attached hydrogen (secondary N) is 1. The lowest BCUT2D eigenvalue weighted by Crippen LogP contribution is -2.23. The predicted octanol–water partition coefficient (Wildman–Crippen LogP) is 0.729. The molecule has 1 aromatic heterocycles. The van der Waals surface area contributed by atoms with Crippen LogP contribution in [0.3, 0.4) is 0 Å². The van der Waals surface area contributed by atoms with E-state index in [-0.39, 0.29) is 11.7 Å². The Hall–Kier alpha value is -0.880. The van der Waals surface area contributed by atoms with Crippen LogP contribution in [-0.2, 0) is 16.3 Å². The van der Waals surface area contributed by atoms with Gasteiger partial charge in [0.25, 0.3) is 0 Å². The van der Waals surface area contributed by atoms with Crippen LogP contribution in [-0.4, -0.2) is 38.5 Å². The minimum atomic E-state index is -2.90. The van der Waals surface area contributed by atoms with Crippen molar-refractivity contribution in [2.24, 2.45) is 0 Å². The van der Waals surface area contributed by atoms with E-state index in [1.807, 2.05) is 7.05 Å². The third-order valence-electron chi connectivity index (χ3n) is 3.01. The lowest BCUT2D eigenvalue weighted by Gasteiger charge is -2.18. The quantitative estimate of drug-likeness (QED) is 0.862. The second kappa shape index (κ2) is 5.18. The fourth-order valence-corrected chi connectivity index (χ4v) is 3.79. The number of likely N-dealkylation sites (N-methyl/N-ethyl adjacent to an activating group) is 1. The molecule has 2 heterocycles. The summed E-state index contributed by atoms with van der Waals surface area (Å²) < 4.78 is 28.7. The van der Waals surface area contributed by atoms with Gasteiger partial charge in [-0.2, -0.15) is 0 Å². The Morgan fingerprint density at radius 1 is 1.59 bits per heavy atom. The highest BCUT2D eigenvalue weighted by Gasteiger charge is 2.29. The minimum Gasteiger partial charge on any atom is -0.445 e. The molecule has 0 aromatic carbocycles. The molecular weight excluding hydrogens is 240 g/mol. The normalized spacial score (nSPS) is 23.7. The SMILES string of the molecule is CNCCc1cnc(C2CCCS(=O)(=O)C2)o1. The zero-order chi connectivity index (χ0) is 12.3. The van der Waals surface area contributed by atoms with Crippen molar-refractivity contribution in [3.8, 4) is 0 Å². The van der Waals surface area contributed by atoms with E-state index >= 15 is 0 Å². The maximum atomic E-state index is 11.5. The van der Waals surface area contributed by atoms with Gasteiger partial charge in [-0.1, -0.05) is 0 Å². The standard InChI is InChI=1S/C11H18N2O3S/c1-12-5-4-10-7-13-11(16-10)9-3-2-6-17(14,15)8-9/h7,9,12H,2-6,8H2,1H3. The Morgan fingerprint density at radius 2 is 2.41 bits per heavy atom. The Kier molecular flexibility index (Phi) is 3.83. The largest absolute Gasteiger partial charge is 0.445 e. The topological polar surface area (TPSA) is 72.2 Å². The van der Waals surface area contributed by atoms with Crippen molar-refractivity contribution < 1.29 is 12.8 Å². The molecule has 0 aliphatic carbocycles. The highest BCUT2D eigenvalue weighted by molar-refractivity contribution is 7.91. The zero-order valence-electron chi connectivity index (χ0n) is 9.98. The highest BCUT2D eigenvalue weighted by atomic mass is 32.2. The van der Waals surface area contributed by atoms with Crippen molar-refractivity contribution in [3.05, 3.63) is 17.8 Å². The molecule has 5 nitrogen and oxygen atoms in total. The van der Waals surface area contributed by atoms with Crippen molar-refractivity contribution in [2.45, 2.75) is 25.2 Å². The molecule has 17 heavy (non-hydrogen) atoms. The zero-order valence-corrected chi connectivity index (χ0v) is 10.8. The summed E-state index contributed by atoms with van der Waals surface area (Å²) in [6.07, 6.45) is 4.04. The second-order valence-electron chi connectivity index (χ2n) is 4.47. The molecule has 0 spiro atoms. The Bertz CT molecular complexity index is 467. The first-order valence-corrected chi connectivity index (χ1v) is 7.72. The first-order valence-electron chi connectivity index (χ1n) is 5.90. The van der Waals surface area contributed by atoms with Crippen molar-refractivity contribution in [2.75, 3.05) is 25.1 Å². The average Bonchev–Trinajstić information content (AvgIpc) is 2.73. The molecule has 0 saturated carbocycles. The lowest BCUT2D eigenvalue weighted by molar-refractivity contribution is 0.408. The number of aromatic nitrogens is 1. The molecule has 0 amide bonds. The summed E-state index contributed by atoms with van der Waals surface area (Å²) in [5.41, 5.74) is 0. The molecule has 1 aliphatic rings. The predicted molar refractivity (Wildman–Crippen MR) is 64.8 cm³/mol. The molecule has 1 atom stereocenters. The van der Waals surface area contributed by atoms with Crippen molar-refractivity contribution in [1.82, 2.24) is 10.3 Å². The fourth-order valence-electron chi connectivity index (χ4n) is 2.09. The number of hydrogen-bond donors (Lipinski definition) is 1. The number of rotatable bonds is 4. The van der Waals surface area contributed by atoms with Gasteiger partial charge in [-0.05, 0) is 19.9 Å². The van der Waals surface area contributed by atoms with Gasteiger partial charge in [0.05, 0.1) is 17.7 Å². The van der Waals surface area contributed by atoms with E-state index in [0.717, 1.165) is 25.1 Å². The average molecular weight is 258 g/mol. The van der Waals surface area contributed by atoms with Gasteiger partial charge in [0.1, 0.15) is 5.76 Å². The first-order chi connectivity index (χ1) is 8.11. The summed E-state index contributed by atoms with van der Waals surface area (Å²) in [5.74, 6) is 1.82. The van der Waals surface area contributed by atoms with Gasteiger partial charge in [-0.15, -0.1) is 0 Å². The van der Waals surface area contributed by atoms with E-state index in [2.05, 4.69) is 10.3 Å². The summed E-state index contributed by atoms with van der Waals surface area (Å²) in [6, 6.07) is 0. The lowest BCUT2D eigenvalue weighted by atomic mass is 10.1. The van der Waals surface area contributed by atoms with E-state index in [9.17, 15) is 8.42 Å². The number of sulfone groups is 1. The highest BCUT2D eigenvalue weighted by Crippen LogP contribution is 2.27. The van der Waals surface area contributed by atoms with Crippen LogP contribution in [0.4, 0.5) is 0 Å². The van der Waals surface area contributed by atoms with Crippen LogP contribution in [0.15, 0.2) is 10.6 Å². The second-order valence-corrected chi connectivity index (χ2v) is 6.70. The van der Waals surface area contributed by atoms with Gasteiger partial charge in [0.15, 0.2) is 15.7 Å². The molecule has 1 N–H and O–H groups in total. The van der Waals surface area contributed by atoms with Gasteiger partial charge in [0.2, 0.25) is 0 Å². The van der Waals surface area contributed by atoms with Crippen LogP contribution >= 0.6 is 0 Å². The summed E-state index contributed by atoms with van der Waals surface area (Å²) >= 11 is 0. The summed E-state index contributed by atoms with van der Waals surface area (Å²) in [4.78, 5) is 4.20. The molecule has 96 valence electrons. The van der Waals surface area contributed by atoms with Crippen molar-refractivity contribution >= 4 is 9.84 Å².